The zero-order valence-corrected chi connectivity index (χ0v) is 10.1. The van der Waals surface area contributed by atoms with E-state index < -0.39 is 64.2 Å². The number of rotatable bonds is 2. The first kappa shape index (κ1) is 16.4. The topological polar surface area (TPSA) is 43.1 Å². The van der Waals surface area contributed by atoms with Crippen LogP contribution in [0.1, 0.15) is 16.7 Å². The Bertz CT molecular complexity index is 683. The summed E-state index contributed by atoms with van der Waals surface area (Å²) in [6.07, 6.45) is -1.48. The van der Waals surface area contributed by atoms with Gasteiger partial charge in [0.25, 0.3) is 0 Å². The molecule has 0 saturated heterocycles. The molecule has 0 aliphatic heterocycles. The summed E-state index contributed by atoms with van der Waals surface area (Å²) in [7, 11) is 0. The fraction of sp³-hybridized carbons (Fsp3) is 0.364. The Labute approximate surface area is 115 Å². The molecule has 0 heterocycles. The van der Waals surface area contributed by atoms with Gasteiger partial charge < -0.3 is 5.73 Å². The number of fused-ring (bicyclic) bond motifs is 1. The first-order valence-electron chi connectivity index (χ1n) is 5.40. The monoisotopic (exact) mass is 337 g/mol. The summed E-state index contributed by atoms with van der Waals surface area (Å²) in [4.78, 5) is 10.6. The molecule has 2 N–H and O–H groups in total. The van der Waals surface area contributed by atoms with Crippen molar-refractivity contribution in [1.82, 2.24) is 0 Å². The van der Waals surface area contributed by atoms with Crippen LogP contribution in [0.5, 0.6) is 0 Å². The summed E-state index contributed by atoms with van der Waals surface area (Å²) in [5, 5.41) is 0. The minimum atomic E-state index is -6.18. The molecule has 2 rings (SSSR count). The fourth-order valence-electron chi connectivity index (χ4n) is 2.14. The Morgan fingerprint density at radius 1 is 0.818 bits per heavy atom. The third kappa shape index (κ3) is 1.67. The first-order chi connectivity index (χ1) is 9.78. The average Bonchev–Trinajstić information content (AvgIpc) is 2.47. The zero-order chi connectivity index (χ0) is 17.2. The van der Waals surface area contributed by atoms with Gasteiger partial charge in [-0.3, -0.25) is 4.79 Å². The number of hydrogen-bond acceptors (Lipinski definition) is 1. The van der Waals surface area contributed by atoms with Crippen LogP contribution in [0.3, 0.4) is 0 Å². The average molecular weight is 337 g/mol. The van der Waals surface area contributed by atoms with Gasteiger partial charge >= 0.3 is 17.8 Å². The van der Waals surface area contributed by atoms with E-state index in [0.717, 1.165) is 0 Å². The molecule has 1 aliphatic rings. The Morgan fingerprint density at radius 2 is 1.23 bits per heavy atom. The summed E-state index contributed by atoms with van der Waals surface area (Å²) in [5.74, 6) is -27.1. The quantitative estimate of drug-likeness (QED) is 0.654. The highest BCUT2D eigenvalue weighted by molar-refractivity contribution is 5.77. The van der Waals surface area contributed by atoms with Crippen LogP contribution < -0.4 is 5.73 Å². The van der Waals surface area contributed by atoms with Gasteiger partial charge in [0.1, 0.15) is 5.82 Å². The van der Waals surface area contributed by atoms with E-state index in [-0.39, 0.29) is 0 Å². The lowest BCUT2D eigenvalue weighted by Crippen LogP contribution is -2.43. The van der Waals surface area contributed by atoms with Gasteiger partial charge in [0, 0.05) is 5.56 Å². The lowest BCUT2D eigenvalue weighted by atomic mass is 9.99. The zero-order valence-electron chi connectivity index (χ0n) is 10.1. The minimum absolute atomic E-state index is 1.48. The van der Waals surface area contributed by atoms with Crippen molar-refractivity contribution in [2.45, 2.75) is 24.2 Å². The molecule has 0 atom stereocenters. The van der Waals surface area contributed by atoms with Crippen LogP contribution in [0.4, 0.5) is 39.5 Å². The number of primary amides is 1. The third-order valence-electron chi connectivity index (χ3n) is 3.18. The second kappa shape index (κ2) is 4.29. The molecular weight excluding hydrogens is 333 g/mol. The molecule has 0 fully saturated rings. The molecule has 0 radical (unpaired) electrons. The molecule has 1 aromatic carbocycles. The number of amides is 1. The van der Waals surface area contributed by atoms with Crippen molar-refractivity contribution in [1.29, 1.82) is 0 Å². The lowest BCUT2D eigenvalue weighted by Gasteiger charge is -2.23. The maximum absolute atomic E-state index is 13.8. The number of halogens is 9. The summed E-state index contributed by atoms with van der Waals surface area (Å²) in [5.41, 5.74) is -2.63. The molecule has 122 valence electrons. The van der Waals surface area contributed by atoms with E-state index in [1.807, 2.05) is 0 Å². The van der Waals surface area contributed by atoms with Gasteiger partial charge in [0.05, 0.1) is 17.5 Å². The highest BCUT2D eigenvalue weighted by Crippen LogP contribution is 2.64. The Balaban J connectivity index is 2.94. The number of hydrogen-bond donors (Lipinski definition) is 1. The summed E-state index contributed by atoms with van der Waals surface area (Å²) in [6, 6.07) is 0. The predicted molar refractivity (Wildman–Crippen MR) is 51.9 cm³/mol. The summed E-state index contributed by atoms with van der Waals surface area (Å²) in [6.45, 7) is 0. The van der Waals surface area contributed by atoms with E-state index in [1.165, 1.54) is 0 Å². The molecule has 0 aromatic heterocycles. The van der Waals surface area contributed by atoms with Gasteiger partial charge in [0.15, 0.2) is 11.6 Å². The van der Waals surface area contributed by atoms with Gasteiger partial charge in [-0.2, -0.15) is 26.3 Å². The lowest BCUT2D eigenvalue weighted by molar-refractivity contribution is -0.303. The molecule has 1 aromatic rings. The van der Waals surface area contributed by atoms with Crippen LogP contribution >= 0.6 is 0 Å². The maximum atomic E-state index is 13.8. The third-order valence-corrected chi connectivity index (χ3v) is 3.18. The van der Waals surface area contributed by atoms with E-state index in [2.05, 4.69) is 5.73 Å². The Kier molecular flexibility index (Phi) is 3.21. The molecular formula is C11H4F9NO. The number of nitrogens with two attached hydrogens (primary N) is 1. The van der Waals surface area contributed by atoms with Crippen molar-refractivity contribution in [3.63, 3.8) is 0 Å². The van der Waals surface area contributed by atoms with Crippen molar-refractivity contribution in [2.75, 3.05) is 0 Å². The van der Waals surface area contributed by atoms with Gasteiger partial charge in [0.2, 0.25) is 5.91 Å². The number of benzene rings is 1. The SMILES string of the molecule is NC(=O)Cc1c(F)c(F)c2c(c1F)C(F)(F)C(F)(F)C2(F)F. The highest BCUT2D eigenvalue weighted by atomic mass is 19.3. The van der Waals surface area contributed by atoms with E-state index in [0.29, 0.717) is 0 Å². The molecule has 0 saturated carbocycles. The van der Waals surface area contributed by atoms with Crippen LogP contribution in [0.25, 0.3) is 0 Å². The molecule has 0 bridgehead atoms. The largest absolute Gasteiger partial charge is 0.380 e. The standard InChI is InChI=1S/C11H4F9NO/c12-6-2(1-3(21)22)7(13)8(14)5-4(6)9(15,16)11(19,20)10(5,17)18/h1H2,(H2,21,22). The molecule has 11 heteroatoms. The maximum Gasteiger partial charge on any atom is 0.380 e. The van der Waals surface area contributed by atoms with E-state index in [9.17, 15) is 44.3 Å². The van der Waals surface area contributed by atoms with Crippen molar-refractivity contribution >= 4 is 5.91 Å². The number of carbonyl (C=O) groups is 1. The van der Waals surface area contributed by atoms with Crippen molar-refractivity contribution in [3.8, 4) is 0 Å². The van der Waals surface area contributed by atoms with Gasteiger partial charge in [-0.05, 0) is 0 Å². The Morgan fingerprint density at radius 3 is 1.64 bits per heavy atom. The van der Waals surface area contributed by atoms with Crippen molar-refractivity contribution in [2.24, 2.45) is 5.73 Å². The van der Waals surface area contributed by atoms with Crippen molar-refractivity contribution < 1.29 is 44.3 Å². The Hall–Kier alpha value is -1.94. The second-order valence-corrected chi connectivity index (χ2v) is 4.54. The normalized spacial score (nSPS) is 20.8. The van der Waals surface area contributed by atoms with Gasteiger partial charge in [-0.25, -0.2) is 13.2 Å². The van der Waals surface area contributed by atoms with E-state index in [1.54, 1.807) is 0 Å². The van der Waals surface area contributed by atoms with Gasteiger partial charge in [-0.1, -0.05) is 0 Å². The second-order valence-electron chi connectivity index (χ2n) is 4.54. The summed E-state index contributed by atoms with van der Waals surface area (Å²) >= 11 is 0. The molecule has 2 nitrogen and oxygen atoms in total. The van der Waals surface area contributed by atoms with Crippen LogP contribution in [0.15, 0.2) is 0 Å². The minimum Gasteiger partial charge on any atom is -0.369 e. The van der Waals surface area contributed by atoms with Gasteiger partial charge in [-0.15, -0.1) is 0 Å². The van der Waals surface area contributed by atoms with Crippen LogP contribution in [0.2, 0.25) is 0 Å². The predicted octanol–water partition coefficient (Wildman–Crippen LogP) is 2.96. The number of carbonyl (C=O) groups excluding carboxylic acids is 1. The molecule has 22 heavy (non-hydrogen) atoms. The fourth-order valence-corrected chi connectivity index (χ4v) is 2.14. The number of alkyl halides is 6. The van der Waals surface area contributed by atoms with Crippen LogP contribution in [-0.4, -0.2) is 11.8 Å². The first-order valence-corrected chi connectivity index (χ1v) is 5.40. The summed E-state index contributed by atoms with van der Waals surface area (Å²) < 4.78 is 121. The molecule has 1 aliphatic carbocycles. The van der Waals surface area contributed by atoms with Crippen LogP contribution in [0, 0.1) is 17.5 Å². The molecule has 1 amide bonds. The molecule has 0 spiro atoms. The van der Waals surface area contributed by atoms with Crippen molar-refractivity contribution in [3.05, 3.63) is 34.1 Å². The van der Waals surface area contributed by atoms with Crippen LogP contribution in [-0.2, 0) is 23.1 Å². The van der Waals surface area contributed by atoms with E-state index in [4.69, 9.17) is 0 Å². The van der Waals surface area contributed by atoms with E-state index >= 15 is 0 Å². The molecule has 0 unspecified atom stereocenters. The highest BCUT2D eigenvalue weighted by Gasteiger charge is 2.81. The smallest absolute Gasteiger partial charge is 0.369 e.